The van der Waals surface area contributed by atoms with E-state index in [2.05, 4.69) is 40.3 Å². The van der Waals surface area contributed by atoms with E-state index in [0.29, 0.717) is 22.9 Å². The average Bonchev–Trinajstić information content (AvgIpc) is 2.74. The second-order valence-corrected chi connectivity index (χ2v) is 9.54. The molecule has 0 radical (unpaired) electrons. The highest BCUT2D eigenvalue weighted by Crippen LogP contribution is 2.37. The summed E-state index contributed by atoms with van der Waals surface area (Å²) in [5.74, 6) is 0.0847. The third kappa shape index (κ3) is 6.56. The fourth-order valence-electron chi connectivity index (χ4n) is 4.32. The van der Waals surface area contributed by atoms with Crippen LogP contribution in [-0.4, -0.2) is 45.1 Å². The maximum absolute atomic E-state index is 11.2. The van der Waals surface area contributed by atoms with Crippen molar-refractivity contribution in [3.63, 3.8) is 0 Å². The molecule has 1 saturated carbocycles. The first kappa shape index (κ1) is 24.3. The Bertz CT molecular complexity index is 899. The third-order valence-electron chi connectivity index (χ3n) is 5.94. The summed E-state index contributed by atoms with van der Waals surface area (Å²) in [6, 6.07) is 9.90. The van der Waals surface area contributed by atoms with Gasteiger partial charge in [0, 0.05) is 12.6 Å². The number of anilines is 3. The molecule has 3 rings (SSSR count). The number of aliphatic hydroxyl groups excluding tert-OH is 1. The second kappa shape index (κ2) is 11.0. The molecule has 174 valence electrons. The number of hydrogen-bond acceptors (Lipinski definition) is 6. The van der Waals surface area contributed by atoms with Gasteiger partial charge >= 0.3 is 5.97 Å². The van der Waals surface area contributed by atoms with Crippen molar-refractivity contribution in [3.8, 4) is 0 Å². The topological polar surface area (TPSA) is 98.6 Å². The third-order valence-corrected chi connectivity index (χ3v) is 6.15. The van der Waals surface area contributed by atoms with E-state index in [-0.39, 0.29) is 18.4 Å². The smallest absolute Gasteiger partial charge is 0.303 e. The fourth-order valence-corrected chi connectivity index (χ4v) is 4.42. The van der Waals surface area contributed by atoms with E-state index in [0.717, 1.165) is 49.2 Å². The summed E-state index contributed by atoms with van der Waals surface area (Å²) in [5.41, 5.74) is 2.86. The highest BCUT2D eigenvalue weighted by molar-refractivity contribution is 6.29. The van der Waals surface area contributed by atoms with Crippen molar-refractivity contribution >= 4 is 34.8 Å². The molecule has 0 aliphatic heterocycles. The Balaban J connectivity index is 1.99. The van der Waals surface area contributed by atoms with Crippen LogP contribution >= 0.6 is 11.6 Å². The summed E-state index contributed by atoms with van der Waals surface area (Å²) in [7, 11) is 0. The summed E-state index contributed by atoms with van der Waals surface area (Å²) >= 11 is 5.90. The zero-order valence-electron chi connectivity index (χ0n) is 19.0. The fraction of sp³-hybridized carbons (Fsp3) is 0.542. The molecule has 8 heteroatoms. The van der Waals surface area contributed by atoms with Gasteiger partial charge in [-0.25, -0.2) is 0 Å². The first-order chi connectivity index (χ1) is 15.2. The minimum Gasteiger partial charge on any atom is -0.481 e. The Morgan fingerprint density at radius 1 is 1.16 bits per heavy atom. The molecule has 1 aliphatic carbocycles. The predicted octanol–water partition coefficient (Wildman–Crippen LogP) is 5.22. The maximum Gasteiger partial charge on any atom is 0.303 e. The minimum atomic E-state index is -0.818. The molecule has 2 aromatic rings. The Hall–Kier alpha value is -2.38. The van der Waals surface area contributed by atoms with Crippen LogP contribution in [0.25, 0.3) is 0 Å². The van der Waals surface area contributed by atoms with E-state index >= 15 is 0 Å². The number of nitrogens with zero attached hydrogens (tertiary/aromatic N) is 3. The van der Waals surface area contributed by atoms with Gasteiger partial charge in [-0.15, -0.1) is 10.2 Å². The lowest BCUT2D eigenvalue weighted by Gasteiger charge is -2.39. The van der Waals surface area contributed by atoms with Crippen LogP contribution in [-0.2, 0) is 4.79 Å². The van der Waals surface area contributed by atoms with Crippen molar-refractivity contribution in [3.05, 3.63) is 41.0 Å². The number of rotatable bonds is 9. The van der Waals surface area contributed by atoms with Crippen molar-refractivity contribution in [2.45, 2.75) is 70.9 Å². The van der Waals surface area contributed by atoms with E-state index in [4.69, 9.17) is 11.6 Å². The van der Waals surface area contributed by atoms with Gasteiger partial charge in [0.25, 0.3) is 0 Å². The van der Waals surface area contributed by atoms with E-state index in [9.17, 15) is 15.0 Å². The lowest BCUT2D eigenvalue weighted by atomic mass is 9.90. The monoisotopic (exact) mass is 460 g/mol. The number of aromatic nitrogens is 2. The van der Waals surface area contributed by atoms with Gasteiger partial charge in [0.15, 0.2) is 11.0 Å². The largest absolute Gasteiger partial charge is 0.481 e. The van der Waals surface area contributed by atoms with Crippen LogP contribution in [0.1, 0.15) is 64.4 Å². The van der Waals surface area contributed by atoms with Crippen molar-refractivity contribution in [2.24, 2.45) is 5.92 Å². The maximum atomic E-state index is 11.2. The molecule has 1 aromatic carbocycles. The number of nitrogens with one attached hydrogen (secondary N) is 1. The van der Waals surface area contributed by atoms with Gasteiger partial charge in [-0.05, 0) is 67.3 Å². The molecule has 3 N–H and O–H groups in total. The zero-order chi connectivity index (χ0) is 23.3. The standard InChI is InChI=1S/C24H33ClN4O3/c1-15(2)14-29(18-5-7-19(30)8-6-18)21-9-4-17(16(3)12-24(31)32)13-20(21)26-23-11-10-22(25)27-28-23/h4,9-11,13,15-16,18-19,30H,5-8,12,14H2,1-3H3,(H,26,28)(H,31,32)/t16-,18-,19-/m1/s1. The molecule has 0 bridgehead atoms. The summed E-state index contributed by atoms with van der Waals surface area (Å²) in [6.45, 7) is 7.20. The molecular weight excluding hydrogens is 428 g/mol. The summed E-state index contributed by atoms with van der Waals surface area (Å²) in [6.07, 6.45) is 3.33. The molecule has 1 heterocycles. The minimum absolute atomic E-state index is 0.0652. The molecule has 1 aliphatic rings. The van der Waals surface area contributed by atoms with E-state index in [1.165, 1.54) is 0 Å². The van der Waals surface area contributed by atoms with Crippen molar-refractivity contribution < 1.29 is 15.0 Å². The van der Waals surface area contributed by atoms with Gasteiger partial charge in [0.05, 0.1) is 23.9 Å². The van der Waals surface area contributed by atoms with Crippen molar-refractivity contribution in [1.82, 2.24) is 10.2 Å². The number of carboxylic acid groups (broad SMARTS) is 1. The second-order valence-electron chi connectivity index (χ2n) is 9.15. The predicted molar refractivity (Wildman–Crippen MR) is 128 cm³/mol. The van der Waals surface area contributed by atoms with Gasteiger partial charge in [-0.2, -0.15) is 0 Å². The molecule has 32 heavy (non-hydrogen) atoms. The van der Waals surface area contributed by atoms with Crippen molar-refractivity contribution in [1.29, 1.82) is 0 Å². The molecule has 0 saturated heterocycles. The van der Waals surface area contributed by atoms with Crippen LogP contribution in [0.2, 0.25) is 5.15 Å². The van der Waals surface area contributed by atoms with Crippen LogP contribution in [0, 0.1) is 5.92 Å². The van der Waals surface area contributed by atoms with E-state index in [1.54, 1.807) is 12.1 Å². The van der Waals surface area contributed by atoms with Crippen LogP contribution in [0.5, 0.6) is 0 Å². The van der Waals surface area contributed by atoms with Crippen molar-refractivity contribution in [2.75, 3.05) is 16.8 Å². The molecular formula is C24H33ClN4O3. The molecule has 1 aromatic heterocycles. The normalized spacial score (nSPS) is 19.6. The SMILES string of the molecule is CC(C)CN(c1ccc([C@H](C)CC(=O)O)cc1Nc1ccc(Cl)nn1)[C@H]1CC[C@H](O)CC1. The first-order valence-corrected chi connectivity index (χ1v) is 11.7. The summed E-state index contributed by atoms with van der Waals surface area (Å²) < 4.78 is 0. The highest BCUT2D eigenvalue weighted by Gasteiger charge is 2.27. The van der Waals surface area contributed by atoms with Crippen LogP contribution < -0.4 is 10.2 Å². The Morgan fingerprint density at radius 3 is 2.47 bits per heavy atom. The Morgan fingerprint density at radius 2 is 1.88 bits per heavy atom. The number of aliphatic carboxylic acids is 1. The van der Waals surface area contributed by atoms with Crippen LogP contribution in [0.4, 0.5) is 17.2 Å². The van der Waals surface area contributed by atoms with Gasteiger partial charge in [0.1, 0.15) is 0 Å². The van der Waals surface area contributed by atoms with Crippen LogP contribution in [0.3, 0.4) is 0 Å². The number of carboxylic acids is 1. The number of aliphatic hydroxyl groups is 1. The number of carbonyl (C=O) groups is 1. The lowest BCUT2D eigenvalue weighted by Crippen LogP contribution is -2.41. The van der Waals surface area contributed by atoms with Gasteiger partial charge in [0.2, 0.25) is 0 Å². The molecule has 1 atom stereocenters. The highest BCUT2D eigenvalue weighted by atomic mass is 35.5. The molecule has 7 nitrogen and oxygen atoms in total. The average molecular weight is 461 g/mol. The Labute approximate surface area is 194 Å². The van der Waals surface area contributed by atoms with E-state index < -0.39 is 5.97 Å². The number of hydrogen-bond donors (Lipinski definition) is 3. The summed E-state index contributed by atoms with van der Waals surface area (Å²) in [5, 5.41) is 31.0. The van der Waals surface area contributed by atoms with Gasteiger partial charge < -0.3 is 20.4 Å². The van der Waals surface area contributed by atoms with Crippen LogP contribution in [0.15, 0.2) is 30.3 Å². The molecule has 0 spiro atoms. The lowest BCUT2D eigenvalue weighted by molar-refractivity contribution is -0.137. The van der Waals surface area contributed by atoms with E-state index in [1.807, 2.05) is 19.1 Å². The summed E-state index contributed by atoms with van der Waals surface area (Å²) in [4.78, 5) is 13.7. The molecule has 0 unspecified atom stereocenters. The number of halogens is 1. The zero-order valence-corrected chi connectivity index (χ0v) is 19.7. The quantitative estimate of drug-likeness (QED) is 0.472. The van der Waals surface area contributed by atoms with Gasteiger partial charge in [-0.3, -0.25) is 4.79 Å². The molecule has 1 fully saturated rings. The van der Waals surface area contributed by atoms with Gasteiger partial charge in [-0.1, -0.05) is 38.4 Å². The Kier molecular flexibility index (Phi) is 8.32. The number of benzene rings is 1. The molecule has 0 amide bonds. The first-order valence-electron chi connectivity index (χ1n) is 11.3.